The molecule has 0 fully saturated rings. The molecular weight excluding hydrogens is 134 g/mol. The van der Waals surface area contributed by atoms with Crippen LogP contribution in [0.3, 0.4) is 0 Å². The lowest BCUT2D eigenvalue weighted by molar-refractivity contribution is -0.307. The average molecular weight is 146 g/mol. The smallest absolute Gasteiger partial charge is 0.0718 e. The molecule has 0 bridgehead atoms. The predicted molar refractivity (Wildman–Crippen MR) is 34.2 cm³/mol. The largest absolute Gasteiger partial charge is 0.550 e. The molecule has 0 saturated heterocycles. The Kier molecular flexibility index (Phi) is 3.99. The van der Waals surface area contributed by atoms with E-state index in [0.717, 1.165) is 0 Å². The molecule has 1 N–H and O–H groups in total. The van der Waals surface area contributed by atoms with Crippen LogP contribution < -0.4 is 5.11 Å². The lowest BCUT2D eigenvalue weighted by atomic mass is 10.2. The Bertz CT molecular complexity index is 114. The number of carbonyl (C=O) groups excluding carboxylic acids is 1. The molecule has 0 aromatic rings. The van der Waals surface area contributed by atoms with Crippen LogP contribution in [0.25, 0.3) is 0 Å². The predicted octanol–water partition coefficient (Wildman–Crippen LogP) is -1.95. The van der Waals surface area contributed by atoms with E-state index in [0.29, 0.717) is 6.54 Å². The van der Waals surface area contributed by atoms with E-state index in [1.165, 1.54) is 0 Å². The standard InChI is InChI=1S/C6H13NO3/c1-7(2)4-5(8)3-6(9)10/h5,8H,3-4H2,1-2H3,(H,9,10)/p-1/t5-/m0/s1. The minimum atomic E-state index is -1.21. The Hall–Kier alpha value is -0.610. The van der Waals surface area contributed by atoms with Gasteiger partial charge in [0, 0.05) is 18.9 Å². The van der Waals surface area contributed by atoms with E-state index in [-0.39, 0.29) is 6.42 Å². The zero-order valence-corrected chi connectivity index (χ0v) is 6.20. The molecule has 1 atom stereocenters. The van der Waals surface area contributed by atoms with Crippen LogP contribution in [0, 0.1) is 0 Å². The van der Waals surface area contributed by atoms with Crippen LogP contribution in [-0.2, 0) is 4.79 Å². The topological polar surface area (TPSA) is 63.6 Å². The SMILES string of the molecule is CN(C)C[C@@H](O)CC(=O)[O-]. The van der Waals surface area contributed by atoms with Crippen LogP contribution in [0.5, 0.6) is 0 Å². The molecule has 0 aromatic heterocycles. The van der Waals surface area contributed by atoms with E-state index in [9.17, 15) is 9.90 Å². The van der Waals surface area contributed by atoms with Gasteiger partial charge in [-0.1, -0.05) is 0 Å². The number of aliphatic hydroxyl groups excluding tert-OH is 1. The molecule has 0 aliphatic heterocycles. The zero-order chi connectivity index (χ0) is 8.15. The van der Waals surface area contributed by atoms with Crippen LogP contribution in [0.1, 0.15) is 6.42 Å². The van der Waals surface area contributed by atoms with Gasteiger partial charge >= 0.3 is 0 Å². The van der Waals surface area contributed by atoms with Gasteiger partial charge in [-0.3, -0.25) is 0 Å². The number of hydrogen-bond donors (Lipinski definition) is 1. The first-order valence-corrected chi connectivity index (χ1v) is 3.05. The number of rotatable bonds is 4. The van der Waals surface area contributed by atoms with Gasteiger partial charge in [0.1, 0.15) is 0 Å². The van der Waals surface area contributed by atoms with E-state index in [2.05, 4.69) is 0 Å². The Morgan fingerprint density at radius 3 is 2.50 bits per heavy atom. The Balaban J connectivity index is 3.43. The summed E-state index contributed by atoms with van der Waals surface area (Å²) in [6.45, 7) is 0.355. The quantitative estimate of drug-likeness (QED) is 0.500. The summed E-state index contributed by atoms with van der Waals surface area (Å²) in [7, 11) is 3.52. The number of aliphatic carboxylic acids is 1. The third-order valence-corrected chi connectivity index (χ3v) is 0.978. The van der Waals surface area contributed by atoms with Gasteiger partial charge in [0.2, 0.25) is 0 Å². The lowest BCUT2D eigenvalue weighted by Gasteiger charge is -2.15. The summed E-state index contributed by atoms with van der Waals surface area (Å²) < 4.78 is 0. The third kappa shape index (κ3) is 5.53. The summed E-state index contributed by atoms with van der Waals surface area (Å²) in [5.41, 5.74) is 0. The number of aliphatic hydroxyl groups is 1. The van der Waals surface area contributed by atoms with Gasteiger partial charge in [0.25, 0.3) is 0 Å². The fraction of sp³-hybridized carbons (Fsp3) is 0.833. The summed E-state index contributed by atoms with van der Waals surface area (Å²) in [6.07, 6.45) is -1.11. The maximum Gasteiger partial charge on any atom is 0.0718 e. The Morgan fingerprint density at radius 2 is 2.20 bits per heavy atom. The van der Waals surface area contributed by atoms with Crippen molar-refractivity contribution in [1.82, 2.24) is 4.90 Å². The molecule has 4 nitrogen and oxygen atoms in total. The summed E-state index contributed by atoms with van der Waals surface area (Å²) in [4.78, 5) is 11.6. The molecule has 0 rings (SSSR count). The van der Waals surface area contributed by atoms with Crippen molar-refractivity contribution in [2.24, 2.45) is 0 Å². The summed E-state index contributed by atoms with van der Waals surface area (Å²) in [6, 6.07) is 0. The van der Waals surface area contributed by atoms with Crippen molar-refractivity contribution >= 4 is 5.97 Å². The molecule has 0 heterocycles. The summed E-state index contributed by atoms with van der Waals surface area (Å²) >= 11 is 0. The fourth-order valence-corrected chi connectivity index (χ4v) is 0.678. The van der Waals surface area contributed by atoms with Crippen molar-refractivity contribution in [1.29, 1.82) is 0 Å². The average Bonchev–Trinajstić information content (AvgIpc) is 1.58. The number of likely N-dealkylation sites (N-methyl/N-ethyl adjacent to an activating group) is 1. The first-order valence-electron chi connectivity index (χ1n) is 3.05. The number of carboxylic acid groups (broad SMARTS) is 1. The van der Waals surface area contributed by atoms with Crippen molar-refractivity contribution < 1.29 is 15.0 Å². The van der Waals surface area contributed by atoms with Gasteiger partial charge < -0.3 is 19.9 Å². The first-order chi connectivity index (χ1) is 4.52. The van der Waals surface area contributed by atoms with Crippen molar-refractivity contribution in [2.75, 3.05) is 20.6 Å². The van der Waals surface area contributed by atoms with Gasteiger partial charge in [0.15, 0.2) is 0 Å². The van der Waals surface area contributed by atoms with E-state index in [1.54, 1.807) is 19.0 Å². The second-order valence-corrected chi connectivity index (χ2v) is 2.49. The Morgan fingerprint density at radius 1 is 1.70 bits per heavy atom. The van der Waals surface area contributed by atoms with Crippen molar-refractivity contribution in [2.45, 2.75) is 12.5 Å². The van der Waals surface area contributed by atoms with Crippen LogP contribution >= 0.6 is 0 Å². The van der Waals surface area contributed by atoms with E-state index in [1.807, 2.05) is 0 Å². The van der Waals surface area contributed by atoms with E-state index < -0.39 is 12.1 Å². The zero-order valence-electron chi connectivity index (χ0n) is 6.20. The van der Waals surface area contributed by atoms with Gasteiger partial charge in [-0.25, -0.2) is 0 Å². The number of carboxylic acids is 1. The molecule has 0 unspecified atom stereocenters. The van der Waals surface area contributed by atoms with E-state index >= 15 is 0 Å². The number of carbonyl (C=O) groups is 1. The second-order valence-electron chi connectivity index (χ2n) is 2.49. The monoisotopic (exact) mass is 146 g/mol. The van der Waals surface area contributed by atoms with Crippen LogP contribution in [0.15, 0.2) is 0 Å². The molecule has 0 radical (unpaired) electrons. The van der Waals surface area contributed by atoms with Crippen LogP contribution in [-0.4, -0.2) is 42.7 Å². The fourth-order valence-electron chi connectivity index (χ4n) is 0.678. The molecule has 0 spiro atoms. The number of nitrogens with zero attached hydrogens (tertiary/aromatic N) is 1. The molecule has 0 aliphatic rings. The highest BCUT2D eigenvalue weighted by molar-refractivity contribution is 5.64. The van der Waals surface area contributed by atoms with Crippen molar-refractivity contribution in [3.8, 4) is 0 Å². The maximum atomic E-state index is 9.90. The molecule has 4 heteroatoms. The Labute approximate surface area is 60.1 Å². The van der Waals surface area contributed by atoms with Gasteiger partial charge in [-0.2, -0.15) is 0 Å². The molecular formula is C6H12NO3-. The van der Waals surface area contributed by atoms with Crippen molar-refractivity contribution in [3.05, 3.63) is 0 Å². The minimum Gasteiger partial charge on any atom is -0.550 e. The molecule has 0 amide bonds. The minimum absolute atomic E-state index is 0.293. The van der Waals surface area contributed by atoms with Gasteiger partial charge in [-0.15, -0.1) is 0 Å². The lowest BCUT2D eigenvalue weighted by Crippen LogP contribution is -2.33. The third-order valence-electron chi connectivity index (χ3n) is 0.978. The van der Waals surface area contributed by atoms with Crippen molar-refractivity contribution in [3.63, 3.8) is 0 Å². The molecule has 10 heavy (non-hydrogen) atoms. The summed E-state index contributed by atoms with van der Waals surface area (Å²) in [5.74, 6) is -1.21. The maximum absolute atomic E-state index is 9.90. The molecule has 60 valence electrons. The molecule has 0 saturated carbocycles. The van der Waals surface area contributed by atoms with Gasteiger partial charge in [0.05, 0.1) is 6.10 Å². The summed E-state index contributed by atoms with van der Waals surface area (Å²) in [5, 5.41) is 18.8. The number of hydrogen-bond acceptors (Lipinski definition) is 4. The van der Waals surface area contributed by atoms with Gasteiger partial charge in [-0.05, 0) is 14.1 Å². The highest BCUT2D eigenvalue weighted by Crippen LogP contribution is 1.90. The first kappa shape index (κ1) is 9.39. The van der Waals surface area contributed by atoms with E-state index in [4.69, 9.17) is 5.11 Å². The second kappa shape index (κ2) is 4.24. The van der Waals surface area contributed by atoms with Crippen LogP contribution in [0.2, 0.25) is 0 Å². The highest BCUT2D eigenvalue weighted by Gasteiger charge is 2.04. The highest BCUT2D eigenvalue weighted by atomic mass is 16.4. The molecule has 0 aromatic carbocycles. The molecule has 0 aliphatic carbocycles. The normalized spacial score (nSPS) is 13.6. The van der Waals surface area contributed by atoms with Crippen LogP contribution in [0.4, 0.5) is 0 Å².